The lowest BCUT2D eigenvalue weighted by atomic mass is 10.00. The second-order valence-corrected chi connectivity index (χ2v) is 12.9. The highest BCUT2D eigenvalue weighted by molar-refractivity contribution is 5.79. The van der Waals surface area contributed by atoms with E-state index >= 15 is 0 Å². The topological polar surface area (TPSA) is 115 Å². The van der Waals surface area contributed by atoms with Gasteiger partial charge in [-0.2, -0.15) is 0 Å². The van der Waals surface area contributed by atoms with E-state index in [-0.39, 0.29) is 12.4 Å². The first-order valence-electron chi connectivity index (χ1n) is 17.8. The van der Waals surface area contributed by atoms with Crippen LogP contribution in [0.3, 0.4) is 0 Å². The molecule has 0 saturated carbocycles. The van der Waals surface area contributed by atoms with Crippen molar-refractivity contribution < 1.29 is 39.1 Å². The molecule has 0 fully saturated rings. The number of phenols is 1. The number of aromatic hydroxyl groups is 1. The number of carbonyl (C=O) groups is 1. The highest BCUT2D eigenvalue weighted by atomic mass is 16.6. The van der Waals surface area contributed by atoms with Crippen molar-refractivity contribution in [1.82, 2.24) is 0 Å². The van der Waals surface area contributed by atoms with Gasteiger partial charge in [-0.1, -0.05) is 121 Å². The normalized spacial score (nSPS) is 12.0. The Morgan fingerprint density at radius 1 is 0.593 bits per heavy atom. The molecule has 8 heteroatoms. The van der Waals surface area contributed by atoms with Gasteiger partial charge in [-0.05, 0) is 79.4 Å². The van der Waals surface area contributed by atoms with E-state index in [4.69, 9.17) is 18.9 Å². The van der Waals surface area contributed by atoms with Gasteiger partial charge in [0, 0.05) is 11.1 Å². The SMILES string of the molecule is CCOC(=O)C(C)(C)Oc1ccc(OCc2ccccc2)cc1C(O)c1ccccc1.Oc1ccc(OCc2ccccc2)cc1C(O)c1ccccc1. The lowest BCUT2D eigenvalue weighted by Crippen LogP contribution is -2.40. The summed E-state index contributed by atoms with van der Waals surface area (Å²) in [5.41, 5.74) is 3.26. The quantitative estimate of drug-likeness (QED) is 0.0953. The van der Waals surface area contributed by atoms with Crippen molar-refractivity contribution in [3.63, 3.8) is 0 Å². The number of aliphatic hydroxyl groups is 2. The third-order valence-corrected chi connectivity index (χ3v) is 8.43. The van der Waals surface area contributed by atoms with Crippen LogP contribution in [0, 0.1) is 0 Å². The maximum Gasteiger partial charge on any atom is 0.349 e. The predicted molar refractivity (Wildman–Crippen MR) is 208 cm³/mol. The van der Waals surface area contributed by atoms with Crippen LogP contribution in [0.4, 0.5) is 0 Å². The van der Waals surface area contributed by atoms with E-state index in [1.54, 1.807) is 57.2 Å². The molecule has 8 nitrogen and oxygen atoms in total. The van der Waals surface area contributed by atoms with Gasteiger partial charge in [-0.3, -0.25) is 0 Å². The summed E-state index contributed by atoms with van der Waals surface area (Å²) < 4.78 is 22.8. The molecule has 0 spiro atoms. The molecule has 54 heavy (non-hydrogen) atoms. The summed E-state index contributed by atoms with van der Waals surface area (Å²) >= 11 is 0. The maximum atomic E-state index is 12.3. The van der Waals surface area contributed by atoms with Crippen LogP contribution in [0.1, 0.15) is 66.4 Å². The predicted octanol–water partition coefficient (Wildman–Crippen LogP) is 9.12. The number of hydrogen-bond donors (Lipinski definition) is 3. The maximum absolute atomic E-state index is 12.3. The van der Waals surface area contributed by atoms with Gasteiger partial charge in [0.05, 0.1) is 6.61 Å². The van der Waals surface area contributed by atoms with Crippen LogP contribution in [0.15, 0.2) is 158 Å². The van der Waals surface area contributed by atoms with Gasteiger partial charge in [-0.15, -0.1) is 0 Å². The van der Waals surface area contributed by atoms with Crippen molar-refractivity contribution in [3.8, 4) is 23.0 Å². The zero-order valence-corrected chi connectivity index (χ0v) is 30.7. The van der Waals surface area contributed by atoms with Crippen LogP contribution in [0.2, 0.25) is 0 Å². The molecule has 278 valence electrons. The molecule has 0 amide bonds. The third-order valence-electron chi connectivity index (χ3n) is 8.43. The molecule has 0 heterocycles. The summed E-state index contributed by atoms with van der Waals surface area (Å²) in [5.74, 6) is 1.17. The first-order valence-corrected chi connectivity index (χ1v) is 17.8. The molecule has 0 aliphatic carbocycles. The average Bonchev–Trinajstić information content (AvgIpc) is 3.21. The summed E-state index contributed by atoms with van der Waals surface area (Å²) in [6.45, 7) is 6.13. The van der Waals surface area contributed by atoms with Crippen molar-refractivity contribution in [2.24, 2.45) is 0 Å². The Balaban J connectivity index is 0.000000217. The molecule has 0 saturated heterocycles. The zero-order chi connectivity index (χ0) is 38.3. The molecule has 6 aromatic carbocycles. The molecule has 3 N–H and O–H groups in total. The fraction of sp³-hybridized carbons (Fsp3) is 0.196. The summed E-state index contributed by atoms with van der Waals surface area (Å²) in [5, 5.41) is 31.6. The van der Waals surface area contributed by atoms with Gasteiger partial charge >= 0.3 is 5.97 Å². The lowest BCUT2D eigenvalue weighted by Gasteiger charge is -2.27. The highest BCUT2D eigenvalue weighted by Gasteiger charge is 2.33. The van der Waals surface area contributed by atoms with Crippen molar-refractivity contribution >= 4 is 5.97 Å². The molecule has 2 atom stereocenters. The van der Waals surface area contributed by atoms with Crippen LogP contribution in [0.5, 0.6) is 23.0 Å². The van der Waals surface area contributed by atoms with E-state index in [9.17, 15) is 20.1 Å². The molecule has 0 aliphatic rings. The Labute approximate surface area is 316 Å². The van der Waals surface area contributed by atoms with Gasteiger partial charge < -0.3 is 34.3 Å². The van der Waals surface area contributed by atoms with Crippen LogP contribution < -0.4 is 14.2 Å². The molecular formula is C46H46O8. The first kappa shape index (κ1) is 39.1. The smallest absolute Gasteiger partial charge is 0.349 e. The van der Waals surface area contributed by atoms with Crippen molar-refractivity contribution in [3.05, 3.63) is 191 Å². The number of carbonyl (C=O) groups excluding carboxylic acids is 1. The Hall–Kier alpha value is -6.09. The highest BCUT2D eigenvalue weighted by Crippen LogP contribution is 2.36. The lowest BCUT2D eigenvalue weighted by molar-refractivity contribution is -0.158. The van der Waals surface area contributed by atoms with E-state index in [1.165, 1.54) is 0 Å². The van der Waals surface area contributed by atoms with Gasteiger partial charge in [-0.25, -0.2) is 4.79 Å². The van der Waals surface area contributed by atoms with Gasteiger partial charge in [0.1, 0.15) is 48.4 Å². The molecule has 6 rings (SSSR count). The monoisotopic (exact) mass is 726 g/mol. The van der Waals surface area contributed by atoms with Crippen LogP contribution >= 0.6 is 0 Å². The molecule has 0 aliphatic heterocycles. The van der Waals surface area contributed by atoms with Crippen LogP contribution in [-0.2, 0) is 22.7 Å². The van der Waals surface area contributed by atoms with Gasteiger partial charge in [0.2, 0.25) is 0 Å². The average molecular weight is 727 g/mol. The Morgan fingerprint density at radius 2 is 1.02 bits per heavy atom. The summed E-state index contributed by atoms with van der Waals surface area (Å²) in [7, 11) is 0. The Kier molecular flexibility index (Phi) is 13.9. The van der Waals surface area contributed by atoms with Crippen molar-refractivity contribution in [1.29, 1.82) is 0 Å². The fourth-order valence-corrected chi connectivity index (χ4v) is 5.50. The molecule has 2 unspecified atom stereocenters. The molecular weight excluding hydrogens is 680 g/mol. The summed E-state index contributed by atoms with van der Waals surface area (Å²) in [6, 6.07) is 48.3. The summed E-state index contributed by atoms with van der Waals surface area (Å²) in [4.78, 5) is 12.3. The minimum Gasteiger partial charge on any atom is -0.508 e. The Bertz CT molecular complexity index is 2030. The molecule has 0 aromatic heterocycles. The van der Waals surface area contributed by atoms with E-state index < -0.39 is 23.8 Å². The van der Waals surface area contributed by atoms with E-state index in [1.807, 2.05) is 121 Å². The molecule has 6 aromatic rings. The second kappa shape index (κ2) is 19.1. The minimum atomic E-state index is -1.21. The second-order valence-electron chi connectivity index (χ2n) is 12.9. The number of benzene rings is 6. The van der Waals surface area contributed by atoms with Crippen molar-refractivity contribution in [2.75, 3.05) is 6.61 Å². The molecule has 0 bridgehead atoms. The largest absolute Gasteiger partial charge is 0.508 e. The van der Waals surface area contributed by atoms with Crippen LogP contribution in [-0.4, -0.2) is 33.5 Å². The van der Waals surface area contributed by atoms with E-state index in [2.05, 4.69) is 0 Å². The number of esters is 1. The number of rotatable bonds is 14. The number of ether oxygens (including phenoxy) is 4. The van der Waals surface area contributed by atoms with Gasteiger partial charge in [0.15, 0.2) is 5.60 Å². The van der Waals surface area contributed by atoms with E-state index in [0.717, 1.165) is 16.7 Å². The first-order chi connectivity index (χ1) is 26.1. The standard InChI is InChI=1S/C26H28O5.C20H18O3/c1-4-29-25(28)26(2,3)31-23-16-15-21(30-18-19-11-7-5-8-12-19)17-22(23)24(27)20-13-9-6-10-14-20;21-19-12-11-17(23-14-15-7-3-1-4-8-15)13-18(19)20(22)16-9-5-2-6-10-16/h5-17,24,27H,4,18H2,1-3H3;1-13,20-22H,14H2. The third kappa shape index (κ3) is 11.0. The van der Waals surface area contributed by atoms with Crippen LogP contribution in [0.25, 0.3) is 0 Å². The van der Waals surface area contributed by atoms with Crippen molar-refractivity contribution in [2.45, 2.75) is 51.8 Å². The minimum absolute atomic E-state index is 0.0495. The summed E-state index contributed by atoms with van der Waals surface area (Å²) in [6.07, 6.45) is -1.84. The number of hydrogen-bond acceptors (Lipinski definition) is 8. The van der Waals surface area contributed by atoms with Gasteiger partial charge in [0.25, 0.3) is 0 Å². The zero-order valence-electron chi connectivity index (χ0n) is 30.7. The number of phenolic OH excluding ortho intramolecular Hbond substituents is 1. The number of aliphatic hydroxyl groups excluding tert-OH is 2. The Morgan fingerprint density at radius 3 is 1.50 bits per heavy atom. The fourth-order valence-electron chi connectivity index (χ4n) is 5.50. The molecule has 0 radical (unpaired) electrons. The van der Waals surface area contributed by atoms with E-state index in [0.29, 0.717) is 47.2 Å².